The third-order valence-electron chi connectivity index (χ3n) is 2.11. The van der Waals surface area contributed by atoms with Crippen LogP contribution in [0.3, 0.4) is 0 Å². The molecule has 13 heavy (non-hydrogen) atoms. The number of hydrogen-bond acceptors (Lipinski definition) is 1. The Kier molecular flexibility index (Phi) is 2.76. The second-order valence-corrected chi connectivity index (χ2v) is 4.77. The number of aryl methyl sites for hydroxylation is 1. The fourth-order valence-corrected chi connectivity index (χ4v) is 1.68. The zero-order valence-electron chi connectivity index (χ0n) is 7.67. The summed E-state index contributed by atoms with van der Waals surface area (Å²) >= 11 is 3.33. The molecule has 0 heterocycles. The summed E-state index contributed by atoms with van der Waals surface area (Å²) in [5.41, 5.74) is 7.26. The lowest BCUT2D eigenvalue weighted by molar-refractivity contribution is -0.119. The van der Waals surface area contributed by atoms with Gasteiger partial charge in [0.25, 0.3) is 0 Å². The average molecular weight is 242 g/mol. The predicted molar refractivity (Wildman–Crippen MR) is 56.7 cm³/mol. The molecule has 1 rings (SSSR count). The van der Waals surface area contributed by atoms with Crippen LogP contribution in [0, 0.1) is 6.92 Å². The molecule has 0 saturated heterocycles. The molecule has 0 bridgehead atoms. The van der Waals surface area contributed by atoms with Crippen LogP contribution in [0.2, 0.25) is 0 Å². The van der Waals surface area contributed by atoms with E-state index in [1.165, 1.54) is 0 Å². The molecule has 70 valence electrons. The van der Waals surface area contributed by atoms with Gasteiger partial charge in [-0.05, 0) is 25.0 Å². The Morgan fingerprint density at radius 2 is 2.00 bits per heavy atom. The summed E-state index contributed by atoms with van der Waals surface area (Å²) in [6.07, 6.45) is 0. The van der Waals surface area contributed by atoms with Crippen molar-refractivity contribution in [3.8, 4) is 0 Å². The van der Waals surface area contributed by atoms with E-state index < -0.39 is 4.32 Å². The number of nitrogens with two attached hydrogens (primary N) is 1. The third-order valence-corrected chi connectivity index (χ3v) is 2.93. The van der Waals surface area contributed by atoms with Crippen molar-refractivity contribution in [1.82, 2.24) is 0 Å². The van der Waals surface area contributed by atoms with Gasteiger partial charge < -0.3 is 5.73 Å². The molecule has 0 aliphatic heterocycles. The van der Waals surface area contributed by atoms with Crippen LogP contribution >= 0.6 is 15.9 Å². The normalized spacial score (nSPS) is 15.0. The SMILES string of the molecule is Cc1ccccc1C(C)(Br)C(N)=O. The molecule has 0 saturated carbocycles. The average Bonchev–Trinajstić information content (AvgIpc) is 2.04. The summed E-state index contributed by atoms with van der Waals surface area (Å²) in [4.78, 5) is 11.1. The number of alkyl halides is 1. The van der Waals surface area contributed by atoms with Gasteiger partial charge >= 0.3 is 0 Å². The van der Waals surface area contributed by atoms with E-state index in [1.54, 1.807) is 6.92 Å². The summed E-state index contributed by atoms with van der Waals surface area (Å²) in [5.74, 6) is -0.373. The standard InChI is InChI=1S/C10H12BrNO/c1-7-5-3-4-6-8(7)10(2,11)9(12)13/h3-6H,1-2H3,(H2,12,13). The Bertz CT molecular complexity index is 333. The number of carbonyl (C=O) groups excluding carboxylic acids is 1. The first-order valence-corrected chi connectivity index (χ1v) is 4.80. The molecule has 2 nitrogen and oxygen atoms in total. The summed E-state index contributed by atoms with van der Waals surface area (Å²) < 4.78 is -0.766. The number of rotatable bonds is 2. The van der Waals surface area contributed by atoms with Crippen LogP contribution in [0.1, 0.15) is 18.1 Å². The summed E-state index contributed by atoms with van der Waals surface area (Å²) in [6.45, 7) is 3.72. The minimum atomic E-state index is -0.766. The molecule has 1 aromatic rings. The molecule has 1 unspecified atom stereocenters. The van der Waals surface area contributed by atoms with Crippen molar-refractivity contribution in [2.45, 2.75) is 18.2 Å². The highest BCUT2D eigenvalue weighted by Crippen LogP contribution is 2.32. The quantitative estimate of drug-likeness (QED) is 0.793. The zero-order valence-corrected chi connectivity index (χ0v) is 9.26. The lowest BCUT2D eigenvalue weighted by Crippen LogP contribution is -2.33. The van der Waals surface area contributed by atoms with Gasteiger partial charge in [-0.1, -0.05) is 40.2 Å². The first-order valence-electron chi connectivity index (χ1n) is 4.01. The van der Waals surface area contributed by atoms with Gasteiger partial charge in [0.1, 0.15) is 4.32 Å². The second-order valence-electron chi connectivity index (χ2n) is 3.18. The van der Waals surface area contributed by atoms with Crippen molar-refractivity contribution >= 4 is 21.8 Å². The highest BCUT2D eigenvalue weighted by molar-refractivity contribution is 9.10. The minimum Gasteiger partial charge on any atom is -0.368 e. The van der Waals surface area contributed by atoms with E-state index in [-0.39, 0.29) is 5.91 Å². The molecule has 1 amide bonds. The lowest BCUT2D eigenvalue weighted by Gasteiger charge is -2.20. The van der Waals surface area contributed by atoms with Crippen molar-refractivity contribution in [3.05, 3.63) is 35.4 Å². The third kappa shape index (κ3) is 1.91. The molecule has 0 aliphatic rings. The zero-order chi connectivity index (χ0) is 10.1. The van der Waals surface area contributed by atoms with Gasteiger partial charge in [-0.2, -0.15) is 0 Å². The highest BCUT2D eigenvalue weighted by Gasteiger charge is 2.30. The van der Waals surface area contributed by atoms with Crippen LogP contribution in [0.25, 0.3) is 0 Å². The molecular weight excluding hydrogens is 230 g/mol. The Labute approximate surface area is 86.3 Å². The van der Waals surface area contributed by atoms with Crippen molar-refractivity contribution in [1.29, 1.82) is 0 Å². The topological polar surface area (TPSA) is 43.1 Å². The molecule has 0 fully saturated rings. The molecule has 0 radical (unpaired) electrons. The van der Waals surface area contributed by atoms with Gasteiger partial charge in [-0.15, -0.1) is 0 Å². The van der Waals surface area contributed by atoms with Crippen molar-refractivity contribution in [2.24, 2.45) is 5.73 Å². The Hall–Kier alpha value is -0.830. The number of primary amides is 1. The largest absolute Gasteiger partial charge is 0.368 e. The van der Waals surface area contributed by atoms with E-state index in [9.17, 15) is 4.79 Å². The number of carbonyl (C=O) groups is 1. The van der Waals surface area contributed by atoms with Crippen molar-refractivity contribution in [2.75, 3.05) is 0 Å². The Morgan fingerprint density at radius 1 is 1.46 bits per heavy atom. The van der Waals surface area contributed by atoms with E-state index in [2.05, 4.69) is 15.9 Å². The molecule has 2 N–H and O–H groups in total. The smallest absolute Gasteiger partial charge is 0.238 e. The maximum absolute atomic E-state index is 11.1. The Balaban J connectivity index is 3.22. The highest BCUT2D eigenvalue weighted by atomic mass is 79.9. The maximum atomic E-state index is 11.1. The van der Waals surface area contributed by atoms with Gasteiger partial charge in [0.2, 0.25) is 5.91 Å². The van der Waals surface area contributed by atoms with E-state index >= 15 is 0 Å². The first-order chi connectivity index (χ1) is 5.96. The van der Waals surface area contributed by atoms with Gasteiger partial charge in [0.05, 0.1) is 0 Å². The van der Waals surface area contributed by atoms with E-state index in [0.717, 1.165) is 11.1 Å². The van der Waals surface area contributed by atoms with Crippen LogP contribution in [0.5, 0.6) is 0 Å². The molecule has 0 aliphatic carbocycles. The molecule has 0 spiro atoms. The number of hydrogen-bond donors (Lipinski definition) is 1. The van der Waals surface area contributed by atoms with Crippen molar-refractivity contribution in [3.63, 3.8) is 0 Å². The fourth-order valence-electron chi connectivity index (χ4n) is 1.23. The fraction of sp³-hybridized carbons (Fsp3) is 0.300. The summed E-state index contributed by atoms with van der Waals surface area (Å²) in [7, 11) is 0. The number of halogens is 1. The first kappa shape index (κ1) is 10.3. The van der Waals surface area contributed by atoms with Crippen molar-refractivity contribution < 1.29 is 4.79 Å². The summed E-state index contributed by atoms with van der Waals surface area (Å²) in [6, 6.07) is 7.68. The lowest BCUT2D eigenvalue weighted by atomic mass is 9.96. The van der Waals surface area contributed by atoms with Crippen LogP contribution in [0.4, 0.5) is 0 Å². The van der Waals surface area contributed by atoms with Gasteiger partial charge in [0.15, 0.2) is 0 Å². The minimum absolute atomic E-state index is 0.373. The van der Waals surface area contributed by atoms with Gasteiger partial charge in [-0.3, -0.25) is 4.79 Å². The van der Waals surface area contributed by atoms with E-state index in [1.807, 2.05) is 31.2 Å². The van der Waals surface area contributed by atoms with E-state index in [0.29, 0.717) is 0 Å². The van der Waals surface area contributed by atoms with Crippen LogP contribution < -0.4 is 5.73 Å². The molecule has 1 atom stereocenters. The van der Waals surface area contributed by atoms with Crippen LogP contribution in [-0.4, -0.2) is 5.91 Å². The molecule has 3 heteroatoms. The maximum Gasteiger partial charge on any atom is 0.238 e. The van der Waals surface area contributed by atoms with Crippen LogP contribution in [0.15, 0.2) is 24.3 Å². The monoisotopic (exact) mass is 241 g/mol. The predicted octanol–water partition coefficient (Wildman–Crippen LogP) is 2.09. The van der Waals surface area contributed by atoms with Crippen LogP contribution in [-0.2, 0) is 9.12 Å². The molecular formula is C10H12BrNO. The second kappa shape index (κ2) is 3.50. The van der Waals surface area contributed by atoms with Gasteiger partial charge in [-0.25, -0.2) is 0 Å². The molecule has 0 aromatic heterocycles. The Morgan fingerprint density at radius 3 is 2.46 bits per heavy atom. The molecule has 1 aromatic carbocycles. The number of amides is 1. The number of benzene rings is 1. The summed E-state index contributed by atoms with van der Waals surface area (Å²) in [5, 5.41) is 0. The van der Waals surface area contributed by atoms with E-state index in [4.69, 9.17) is 5.73 Å². The van der Waals surface area contributed by atoms with Gasteiger partial charge in [0, 0.05) is 0 Å².